The van der Waals surface area contributed by atoms with Crippen LogP contribution in [-0.2, 0) is 19.1 Å². The van der Waals surface area contributed by atoms with Gasteiger partial charge in [-0.3, -0.25) is 19.7 Å². The number of alkyl carbamates (subject to hydrolysis) is 1. The molecule has 2 N–H and O–H groups in total. The molecule has 3 saturated carbocycles. The van der Waals surface area contributed by atoms with Gasteiger partial charge in [-0.25, -0.2) is 4.79 Å². The fraction of sp³-hybridized carbons (Fsp3) is 0.657. The van der Waals surface area contributed by atoms with Crippen LogP contribution in [0.1, 0.15) is 72.6 Å². The summed E-state index contributed by atoms with van der Waals surface area (Å²) < 4.78 is 6.17. The maximum atomic E-state index is 13.6. The number of piperidine rings is 1. The normalized spacial score (nSPS) is 37.3. The molecule has 9 heteroatoms. The van der Waals surface area contributed by atoms with E-state index in [9.17, 15) is 24.3 Å². The molecule has 1 aromatic carbocycles. The Morgan fingerprint density at radius 2 is 1.80 bits per heavy atom. The van der Waals surface area contributed by atoms with Crippen molar-refractivity contribution in [1.82, 2.24) is 10.2 Å². The van der Waals surface area contributed by atoms with Gasteiger partial charge in [-0.2, -0.15) is 0 Å². The summed E-state index contributed by atoms with van der Waals surface area (Å²) in [6.45, 7) is 13.2. The Labute approximate surface area is 265 Å². The minimum absolute atomic E-state index is 0.0376. The fourth-order valence-electron chi connectivity index (χ4n) is 9.01. The minimum Gasteiger partial charge on any atom is -0.445 e. The van der Waals surface area contributed by atoms with Crippen LogP contribution in [-0.4, -0.2) is 64.7 Å². The van der Waals surface area contributed by atoms with Crippen LogP contribution in [0, 0.1) is 39.9 Å². The average molecular weight is 625 g/mol. The van der Waals surface area contributed by atoms with E-state index in [2.05, 4.69) is 32.7 Å². The maximum absolute atomic E-state index is 13.6. The molecule has 1 heterocycles. The smallest absolute Gasteiger partial charge is 0.414 e. The molecule has 0 spiro atoms. The largest absolute Gasteiger partial charge is 0.445 e. The highest BCUT2D eigenvalue weighted by Gasteiger charge is 2.68. The quantitative estimate of drug-likeness (QED) is 0.312. The number of hydrogen-bond acceptors (Lipinski definition) is 7. The number of nitrogens with one attached hydrogen (secondary N) is 1. The first-order valence-corrected chi connectivity index (χ1v) is 17.2. The van der Waals surface area contributed by atoms with Gasteiger partial charge >= 0.3 is 6.09 Å². The number of nitrogens with zero attached hydrogens (tertiary/aromatic N) is 1. The van der Waals surface area contributed by atoms with Crippen LogP contribution in [0.15, 0.2) is 47.9 Å². The Kier molecular flexibility index (Phi) is 9.39. The van der Waals surface area contributed by atoms with Crippen molar-refractivity contribution in [2.45, 2.75) is 89.7 Å². The van der Waals surface area contributed by atoms with Crippen LogP contribution < -0.4 is 5.32 Å². The monoisotopic (exact) mass is 624 g/mol. The second kappa shape index (κ2) is 12.6. The van der Waals surface area contributed by atoms with Gasteiger partial charge in [0.15, 0.2) is 0 Å². The van der Waals surface area contributed by atoms with E-state index in [1.807, 2.05) is 37.3 Å². The molecule has 8 nitrogen and oxygen atoms in total. The lowest BCUT2D eigenvalue weighted by Gasteiger charge is -2.61. The minimum atomic E-state index is -0.817. The molecule has 4 aliphatic rings. The highest BCUT2D eigenvalue weighted by molar-refractivity contribution is 8.00. The third kappa shape index (κ3) is 5.75. The van der Waals surface area contributed by atoms with Gasteiger partial charge in [0, 0.05) is 47.1 Å². The summed E-state index contributed by atoms with van der Waals surface area (Å²) >= 11 is 1.50. The van der Waals surface area contributed by atoms with Crippen molar-refractivity contribution in [3.63, 3.8) is 0 Å². The predicted octanol–water partition coefficient (Wildman–Crippen LogP) is 5.63. The summed E-state index contributed by atoms with van der Waals surface area (Å²) in [7, 11) is 0. The number of hydrogen-bond donors (Lipinski definition) is 2. The number of Topliss-reactive ketones (excluding diaryl/α,β-unsaturated/α-hetero) is 1. The first-order valence-electron chi connectivity index (χ1n) is 16.2. The Bertz CT molecular complexity index is 1280. The SMILES string of the molecule is C=C[C@]1(C)C[C@@H](OC(=O)NC(=O)C2CCN(C(=O)CSc3ccccc3)CC2)[C@]2(C)[C@H](C)CC[C@]3(CCC(=O)[C@H]32)[C@@H](C)[C@@H]1O. The molecule has 0 unspecified atom stereocenters. The van der Waals surface area contributed by atoms with Crippen molar-refractivity contribution in [1.29, 1.82) is 0 Å². The molecule has 0 radical (unpaired) electrons. The van der Waals surface area contributed by atoms with Gasteiger partial charge < -0.3 is 14.7 Å². The van der Waals surface area contributed by atoms with E-state index in [-0.39, 0.29) is 34.9 Å². The van der Waals surface area contributed by atoms with Crippen LogP contribution in [0.4, 0.5) is 4.79 Å². The third-order valence-corrected chi connectivity index (χ3v) is 13.1. The topological polar surface area (TPSA) is 113 Å². The van der Waals surface area contributed by atoms with Crippen LogP contribution in [0.2, 0.25) is 0 Å². The number of thioether (sulfide) groups is 1. The van der Waals surface area contributed by atoms with Crippen LogP contribution in [0.3, 0.4) is 0 Å². The molecule has 2 bridgehead atoms. The molecule has 0 aromatic heterocycles. The first-order chi connectivity index (χ1) is 20.9. The number of benzene rings is 1. The zero-order chi connectivity index (χ0) is 31.9. The number of likely N-dealkylation sites (tertiary alicyclic amines) is 1. The number of ether oxygens (including phenoxy) is 1. The number of ketones is 1. The number of imide groups is 1. The molecule has 8 atom stereocenters. The number of carbonyl (C=O) groups is 4. The highest BCUT2D eigenvalue weighted by Crippen LogP contribution is 2.68. The van der Waals surface area contributed by atoms with Crippen molar-refractivity contribution in [2.75, 3.05) is 18.8 Å². The zero-order valence-electron chi connectivity index (χ0n) is 26.6. The third-order valence-electron chi connectivity index (χ3n) is 12.1. The lowest BCUT2D eigenvalue weighted by molar-refractivity contribution is -0.191. The Morgan fingerprint density at radius 1 is 1.11 bits per heavy atom. The lowest BCUT2D eigenvalue weighted by atomic mass is 9.44. The van der Waals surface area contributed by atoms with Crippen molar-refractivity contribution in [3.8, 4) is 0 Å². The lowest BCUT2D eigenvalue weighted by Crippen LogP contribution is -2.63. The van der Waals surface area contributed by atoms with Crippen molar-refractivity contribution >= 4 is 35.5 Å². The Morgan fingerprint density at radius 3 is 2.45 bits per heavy atom. The second-order valence-electron chi connectivity index (χ2n) is 14.2. The number of rotatable bonds is 6. The van der Waals surface area contributed by atoms with E-state index in [1.165, 1.54) is 11.8 Å². The second-order valence-corrected chi connectivity index (χ2v) is 15.3. The number of aliphatic hydroxyl groups excluding tert-OH is 1. The van der Waals surface area contributed by atoms with Crippen molar-refractivity contribution in [2.24, 2.45) is 39.9 Å². The van der Waals surface area contributed by atoms with Gasteiger partial charge in [-0.15, -0.1) is 18.3 Å². The molecule has 1 saturated heterocycles. The molecule has 3 aliphatic carbocycles. The van der Waals surface area contributed by atoms with Gasteiger partial charge in [0.05, 0.1) is 11.9 Å². The number of carbonyl (C=O) groups excluding carboxylic acids is 4. The van der Waals surface area contributed by atoms with E-state index < -0.39 is 41.0 Å². The average Bonchev–Trinajstić information content (AvgIpc) is 3.38. The summed E-state index contributed by atoms with van der Waals surface area (Å²) in [5, 5.41) is 14.2. The molecule has 1 aliphatic heterocycles. The first kappa shape index (κ1) is 32.7. The highest BCUT2D eigenvalue weighted by atomic mass is 32.2. The molecule has 1 aromatic rings. The number of aliphatic hydroxyl groups is 1. The number of amides is 3. The molecule has 5 rings (SSSR count). The molecular formula is C35H48N2O6S. The van der Waals surface area contributed by atoms with Gasteiger partial charge in [0.2, 0.25) is 11.8 Å². The Balaban J connectivity index is 1.25. The van der Waals surface area contributed by atoms with Gasteiger partial charge in [0.1, 0.15) is 11.9 Å². The molecule has 4 fully saturated rings. The summed E-state index contributed by atoms with van der Waals surface area (Å²) in [6.07, 6.45) is 3.69. The van der Waals surface area contributed by atoms with E-state index >= 15 is 0 Å². The molecule has 44 heavy (non-hydrogen) atoms. The van der Waals surface area contributed by atoms with Crippen LogP contribution >= 0.6 is 11.8 Å². The summed E-state index contributed by atoms with van der Waals surface area (Å²) in [4.78, 5) is 55.7. The van der Waals surface area contributed by atoms with Crippen LogP contribution in [0.25, 0.3) is 0 Å². The fourth-order valence-corrected chi connectivity index (χ4v) is 9.83. The van der Waals surface area contributed by atoms with Gasteiger partial charge in [-0.1, -0.05) is 52.0 Å². The van der Waals surface area contributed by atoms with E-state index in [1.54, 1.807) is 11.0 Å². The van der Waals surface area contributed by atoms with Crippen LogP contribution in [0.5, 0.6) is 0 Å². The zero-order valence-corrected chi connectivity index (χ0v) is 27.4. The van der Waals surface area contributed by atoms with Crippen molar-refractivity contribution < 1.29 is 29.0 Å². The van der Waals surface area contributed by atoms with Gasteiger partial charge in [0.25, 0.3) is 0 Å². The van der Waals surface area contributed by atoms with E-state index in [0.717, 1.165) is 24.2 Å². The molecular weight excluding hydrogens is 576 g/mol. The van der Waals surface area contributed by atoms with E-state index in [4.69, 9.17) is 4.74 Å². The maximum Gasteiger partial charge on any atom is 0.414 e. The summed E-state index contributed by atoms with van der Waals surface area (Å²) in [6, 6.07) is 9.77. The molecule has 3 amide bonds. The standard InChI is InChI=1S/C35H48N2O6S/c1-6-33(4)20-27(34(5)22(2)12-16-35(23(3)30(33)40)17-13-26(38)29(34)35)43-32(42)36-31(41)24-14-18-37(19-15-24)28(39)21-44-25-10-8-7-9-11-25/h6-11,22-24,27,29-30,40H,1,12-21H2,2-5H3,(H,36,41,42)/t22-,23+,27-,29+,30+,33-,34+,35+/m1/s1. The van der Waals surface area contributed by atoms with Crippen molar-refractivity contribution in [3.05, 3.63) is 43.0 Å². The Hall–Kier alpha value is -2.65. The predicted molar refractivity (Wildman–Crippen MR) is 170 cm³/mol. The van der Waals surface area contributed by atoms with Gasteiger partial charge in [-0.05, 0) is 67.9 Å². The summed E-state index contributed by atoms with van der Waals surface area (Å²) in [5.41, 5.74) is -1.75. The summed E-state index contributed by atoms with van der Waals surface area (Å²) in [5.74, 6) is -0.569. The van der Waals surface area contributed by atoms with E-state index in [0.29, 0.717) is 44.5 Å². The molecule has 240 valence electrons.